The third kappa shape index (κ3) is 5.58. The summed E-state index contributed by atoms with van der Waals surface area (Å²) in [5, 5.41) is 13.9. The molecule has 10 heteroatoms. The Morgan fingerprint density at radius 1 is 1.24 bits per heavy atom. The number of rotatable bonds is 8. The maximum Gasteiger partial charge on any atom is 0.328 e. The molecule has 1 fully saturated rings. The van der Waals surface area contributed by atoms with E-state index in [-0.39, 0.29) is 31.6 Å². The summed E-state index contributed by atoms with van der Waals surface area (Å²) in [4.78, 5) is 34.8. The highest BCUT2D eigenvalue weighted by Gasteiger charge is 2.39. The Bertz CT molecular complexity index is 1110. The van der Waals surface area contributed by atoms with Crippen LogP contribution in [-0.2, 0) is 27.2 Å². The van der Waals surface area contributed by atoms with E-state index in [1.807, 2.05) is 6.07 Å². The highest BCUT2D eigenvalue weighted by atomic mass is 19.1. The zero-order valence-electron chi connectivity index (χ0n) is 17.8. The average molecular weight is 454 g/mol. The van der Waals surface area contributed by atoms with Gasteiger partial charge in [-0.05, 0) is 30.2 Å². The smallest absolute Gasteiger partial charge is 0.328 e. The van der Waals surface area contributed by atoms with Gasteiger partial charge < -0.3 is 19.3 Å². The molecule has 9 nitrogen and oxygen atoms in total. The van der Waals surface area contributed by atoms with E-state index in [2.05, 4.69) is 15.1 Å². The molecule has 4 rings (SSSR count). The van der Waals surface area contributed by atoms with Gasteiger partial charge in [-0.2, -0.15) is 4.98 Å². The third-order valence-corrected chi connectivity index (χ3v) is 5.34. The van der Waals surface area contributed by atoms with E-state index in [9.17, 15) is 19.1 Å². The highest BCUT2D eigenvalue weighted by Crippen LogP contribution is 2.21. The second-order valence-electron chi connectivity index (χ2n) is 7.74. The molecule has 0 bridgehead atoms. The van der Waals surface area contributed by atoms with Gasteiger partial charge in [0.15, 0.2) is 0 Å². The first-order chi connectivity index (χ1) is 16.0. The molecule has 0 spiro atoms. The van der Waals surface area contributed by atoms with Crippen molar-refractivity contribution in [1.82, 2.24) is 20.0 Å². The Morgan fingerprint density at radius 2 is 2.09 bits per heavy atom. The number of amides is 1. The minimum atomic E-state index is -0.903. The van der Waals surface area contributed by atoms with Crippen LogP contribution in [0.25, 0.3) is 11.4 Å². The minimum Gasteiger partial charge on any atom is -0.464 e. The van der Waals surface area contributed by atoms with Gasteiger partial charge in [-0.1, -0.05) is 23.4 Å². The number of ether oxygens (including phenoxy) is 1. The van der Waals surface area contributed by atoms with Crippen LogP contribution in [0, 0.1) is 5.82 Å². The van der Waals surface area contributed by atoms with Crippen molar-refractivity contribution in [2.75, 3.05) is 13.2 Å². The number of carbonyl (C=O) groups is 2. The number of halogens is 1. The number of carbonyl (C=O) groups excluding carboxylic acids is 2. The number of hydrogen-bond donors (Lipinski definition) is 1. The predicted octanol–water partition coefficient (Wildman–Crippen LogP) is 1.95. The molecule has 2 unspecified atom stereocenters. The van der Waals surface area contributed by atoms with Crippen molar-refractivity contribution in [2.45, 2.75) is 37.8 Å². The molecule has 2 aromatic heterocycles. The van der Waals surface area contributed by atoms with Crippen molar-refractivity contribution in [3.8, 4) is 11.4 Å². The summed E-state index contributed by atoms with van der Waals surface area (Å²) in [6, 6.07) is 8.66. The van der Waals surface area contributed by atoms with Crippen molar-refractivity contribution in [1.29, 1.82) is 0 Å². The number of pyridine rings is 1. The summed E-state index contributed by atoms with van der Waals surface area (Å²) in [5.74, 6) is -0.693. The van der Waals surface area contributed by atoms with Crippen LogP contribution in [-0.4, -0.2) is 62.3 Å². The SMILES string of the molecule is O=C(OCCCc1nc(-c2cccnc2)no1)C1CC(O)CN1C(=O)Cc1ccccc1F. The molecule has 3 aromatic rings. The van der Waals surface area contributed by atoms with Crippen LogP contribution in [0.2, 0.25) is 0 Å². The molecule has 172 valence electrons. The predicted molar refractivity (Wildman–Crippen MR) is 113 cm³/mol. The number of aliphatic hydroxyl groups is 1. The number of esters is 1. The van der Waals surface area contributed by atoms with Crippen LogP contribution in [0.3, 0.4) is 0 Å². The van der Waals surface area contributed by atoms with E-state index in [1.54, 1.807) is 24.5 Å². The number of aromatic nitrogens is 3. The molecule has 1 amide bonds. The van der Waals surface area contributed by atoms with Crippen molar-refractivity contribution >= 4 is 11.9 Å². The monoisotopic (exact) mass is 454 g/mol. The van der Waals surface area contributed by atoms with E-state index < -0.39 is 29.8 Å². The van der Waals surface area contributed by atoms with Crippen LogP contribution < -0.4 is 0 Å². The van der Waals surface area contributed by atoms with Gasteiger partial charge in [0.25, 0.3) is 0 Å². The summed E-state index contributed by atoms with van der Waals surface area (Å²) in [7, 11) is 0. The number of β-amino-alcohol motifs (C(OH)–C–C–N with tert-alkyl or cyclic N) is 1. The van der Waals surface area contributed by atoms with Crippen molar-refractivity contribution < 1.29 is 28.3 Å². The summed E-state index contributed by atoms with van der Waals surface area (Å²) >= 11 is 0. The lowest BCUT2D eigenvalue weighted by Crippen LogP contribution is -2.42. The number of hydrogen-bond acceptors (Lipinski definition) is 8. The van der Waals surface area contributed by atoms with Gasteiger partial charge in [0, 0.05) is 37.3 Å². The maximum atomic E-state index is 13.9. The molecule has 1 saturated heterocycles. The van der Waals surface area contributed by atoms with Gasteiger partial charge in [0.05, 0.1) is 19.1 Å². The first kappa shape index (κ1) is 22.5. The number of aliphatic hydroxyl groups excluding tert-OH is 1. The Labute approximate surface area is 189 Å². The lowest BCUT2D eigenvalue weighted by Gasteiger charge is -2.23. The first-order valence-electron chi connectivity index (χ1n) is 10.6. The van der Waals surface area contributed by atoms with Crippen LogP contribution in [0.4, 0.5) is 4.39 Å². The summed E-state index contributed by atoms with van der Waals surface area (Å²) < 4.78 is 24.4. The summed E-state index contributed by atoms with van der Waals surface area (Å²) in [5.41, 5.74) is 0.972. The molecule has 3 heterocycles. The van der Waals surface area contributed by atoms with Gasteiger partial charge in [0.1, 0.15) is 11.9 Å². The number of benzene rings is 1. The Balaban J connectivity index is 1.27. The highest BCUT2D eigenvalue weighted by molar-refractivity contribution is 5.86. The second-order valence-corrected chi connectivity index (χ2v) is 7.74. The quantitative estimate of drug-likeness (QED) is 0.405. The fourth-order valence-electron chi connectivity index (χ4n) is 3.68. The average Bonchev–Trinajstić information content (AvgIpc) is 3.45. The van der Waals surface area contributed by atoms with Gasteiger partial charge >= 0.3 is 5.97 Å². The zero-order valence-corrected chi connectivity index (χ0v) is 17.8. The molecule has 1 aliphatic rings. The van der Waals surface area contributed by atoms with E-state index in [0.29, 0.717) is 24.6 Å². The Morgan fingerprint density at radius 3 is 2.88 bits per heavy atom. The van der Waals surface area contributed by atoms with E-state index >= 15 is 0 Å². The molecule has 33 heavy (non-hydrogen) atoms. The third-order valence-electron chi connectivity index (χ3n) is 5.34. The van der Waals surface area contributed by atoms with E-state index in [0.717, 1.165) is 5.56 Å². The molecule has 0 aliphatic carbocycles. The van der Waals surface area contributed by atoms with Crippen molar-refractivity contribution in [2.24, 2.45) is 0 Å². The van der Waals surface area contributed by atoms with E-state index in [1.165, 1.54) is 23.1 Å². The summed E-state index contributed by atoms with van der Waals surface area (Å²) in [6.07, 6.45) is 3.18. The molecule has 1 aliphatic heterocycles. The molecular formula is C23H23FN4O5. The lowest BCUT2D eigenvalue weighted by molar-refractivity contribution is -0.153. The van der Waals surface area contributed by atoms with E-state index in [4.69, 9.17) is 9.26 Å². The van der Waals surface area contributed by atoms with Gasteiger partial charge in [0.2, 0.25) is 17.6 Å². The molecule has 2 atom stereocenters. The molecule has 0 radical (unpaired) electrons. The summed E-state index contributed by atoms with van der Waals surface area (Å²) in [6.45, 7) is 0.0948. The Kier molecular flexibility index (Phi) is 7.04. The fraction of sp³-hybridized carbons (Fsp3) is 0.348. The van der Waals surface area contributed by atoms with Gasteiger partial charge in [-0.25, -0.2) is 9.18 Å². The second kappa shape index (κ2) is 10.3. The van der Waals surface area contributed by atoms with Crippen molar-refractivity contribution in [3.63, 3.8) is 0 Å². The largest absolute Gasteiger partial charge is 0.464 e. The topological polar surface area (TPSA) is 119 Å². The minimum absolute atomic E-state index is 0.00611. The van der Waals surface area contributed by atoms with Gasteiger partial charge in [-0.3, -0.25) is 9.78 Å². The fourth-order valence-corrected chi connectivity index (χ4v) is 3.68. The lowest BCUT2D eigenvalue weighted by atomic mass is 10.1. The van der Waals surface area contributed by atoms with Crippen LogP contribution in [0.1, 0.15) is 24.3 Å². The molecule has 1 aromatic carbocycles. The maximum absolute atomic E-state index is 13.9. The zero-order chi connectivity index (χ0) is 23.2. The standard InChI is InChI=1S/C23H23FN4O5/c24-18-7-2-1-5-15(18)11-21(30)28-14-17(29)12-19(28)23(31)32-10-4-8-20-26-22(27-33-20)16-6-3-9-25-13-16/h1-3,5-7,9,13,17,19,29H,4,8,10-12,14H2. The van der Waals surface area contributed by atoms with Crippen LogP contribution in [0.15, 0.2) is 53.3 Å². The number of nitrogens with zero attached hydrogens (tertiary/aromatic N) is 4. The Hall–Kier alpha value is -3.66. The van der Waals surface area contributed by atoms with Gasteiger partial charge in [-0.15, -0.1) is 0 Å². The molecule has 1 N–H and O–H groups in total. The van der Waals surface area contributed by atoms with Crippen LogP contribution in [0.5, 0.6) is 0 Å². The first-order valence-corrected chi connectivity index (χ1v) is 10.6. The molecular weight excluding hydrogens is 431 g/mol. The number of likely N-dealkylation sites (tertiary alicyclic amines) is 1. The normalized spacial score (nSPS) is 17.8. The number of aryl methyl sites for hydroxylation is 1. The van der Waals surface area contributed by atoms with Crippen molar-refractivity contribution in [3.05, 3.63) is 66.1 Å². The van der Waals surface area contributed by atoms with Crippen LogP contribution >= 0.6 is 0 Å². The molecule has 0 saturated carbocycles.